The lowest BCUT2D eigenvalue weighted by molar-refractivity contribution is 0.0859. The molecule has 1 aliphatic heterocycles. The first-order chi connectivity index (χ1) is 15.0. The lowest BCUT2D eigenvalue weighted by Gasteiger charge is -2.21. The second-order valence-corrected chi connectivity index (χ2v) is 8.52. The van der Waals surface area contributed by atoms with Crippen molar-refractivity contribution in [2.45, 2.75) is 31.6 Å². The largest absolute Gasteiger partial charge is 0.497 e. The molecule has 0 saturated carbocycles. The lowest BCUT2D eigenvalue weighted by Crippen LogP contribution is -2.35. The number of ether oxygens (including phenoxy) is 2. The van der Waals surface area contributed by atoms with Crippen LogP contribution >= 0.6 is 0 Å². The standard InChI is InChI=1S/C26H21NO4/c1-14(2)27-20-7-5-4-6-17(20)18-12-13-19-21(22(18)27)23(28)25-26(31-25,24(19)29)15-8-10-16(30-3)11-9-15/h4-14,25H,1-3H3. The maximum Gasteiger partial charge on any atom is 0.203 e. The fourth-order valence-corrected chi connectivity index (χ4v) is 5.15. The zero-order chi connectivity index (χ0) is 21.5. The van der Waals surface area contributed by atoms with Gasteiger partial charge < -0.3 is 14.0 Å². The molecule has 1 aromatic heterocycles. The molecule has 5 heteroatoms. The Morgan fingerprint density at radius 2 is 1.71 bits per heavy atom. The summed E-state index contributed by atoms with van der Waals surface area (Å²) in [7, 11) is 1.59. The summed E-state index contributed by atoms with van der Waals surface area (Å²) in [6, 6.07) is 19.2. The van der Waals surface area contributed by atoms with Gasteiger partial charge in [-0.15, -0.1) is 0 Å². The lowest BCUT2D eigenvalue weighted by atomic mass is 9.77. The van der Waals surface area contributed by atoms with Gasteiger partial charge in [-0.05, 0) is 43.7 Å². The van der Waals surface area contributed by atoms with Crippen molar-refractivity contribution in [3.05, 3.63) is 77.4 Å². The Hall–Kier alpha value is -3.44. The Bertz CT molecular complexity index is 1410. The van der Waals surface area contributed by atoms with Crippen molar-refractivity contribution in [2.24, 2.45) is 0 Å². The van der Waals surface area contributed by atoms with E-state index in [0.717, 1.165) is 21.8 Å². The van der Waals surface area contributed by atoms with Crippen LogP contribution < -0.4 is 4.74 Å². The van der Waals surface area contributed by atoms with Gasteiger partial charge in [-0.2, -0.15) is 0 Å². The van der Waals surface area contributed by atoms with E-state index in [0.29, 0.717) is 22.4 Å². The molecule has 6 rings (SSSR count). The SMILES string of the molecule is COc1ccc(C23OC2C(=O)c2c(ccc4c5ccccc5n(C(C)C)c24)C3=O)cc1. The molecule has 1 fully saturated rings. The summed E-state index contributed by atoms with van der Waals surface area (Å²) >= 11 is 0. The summed E-state index contributed by atoms with van der Waals surface area (Å²) in [5, 5.41) is 2.07. The predicted octanol–water partition coefficient (Wildman–Crippen LogP) is 5.06. The van der Waals surface area contributed by atoms with E-state index in [1.165, 1.54) is 0 Å². The number of Topliss-reactive ketones (excluding diaryl/α,β-unsaturated/α-hetero) is 2. The zero-order valence-corrected chi connectivity index (χ0v) is 17.5. The Morgan fingerprint density at radius 1 is 0.968 bits per heavy atom. The summed E-state index contributed by atoms with van der Waals surface area (Å²) in [6.07, 6.45) is -0.787. The number of para-hydroxylation sites is 1. The third-order valence-electron chi connectivity index (χ3n) is 6.59. The third kappa shape index (κ3) is 2.19. The highest BCUT2D eigenvalue weighted by molar-refractivity contribution is 6.29. The van der Waals surface area contributed by atoms with E-state index in [1.54, 1.807) is 37.4 Å². The molecule has 31 heavy (non-hydrogen) atoms. The van der Waals surface area contributed by atoms with Gasteiger partial charge in [0.1, 0.15) is 5.75 Å². The molecule has 2 atom stereocenters. The van der Waals surface area contributed by atoms with E-state index >= 15 is 0 Å². The summed E-state index contributed by atoms with van der Waals surface area (Å²) < 4.78 is 13.3. The van der Waals surface area contributed by atoms with E-state index in [-0.39, 0.29) is 17.6 Å². The number of epoxide rings is 1. The Kier molecular flexibility index (Phi) is 3.58. The highest BCUT2D eigenvalue weighted by atomic mass is 16.6. The normalized spacial score (nSPS) is 22.1. The van der Waals surface area contributed by atoms with E-state index in [2.05, 4.69) is 30.5 Å². The van der Waals surface area contributed by atoms with Crippen molar-refractivity contribution in [1.29, 1.82) is 0 Å². The first-order valence-electron chi connectivity index (χ1n) is 10.5. The predicted molar refractivity (Wildman–Crippen MR) is 118 cm³/mol. The summed E-state index contributed by atoms with van der Waals surface area (Å²) in [5.41, 5.74) is 2.27. The van der Waals surface area contributed by atoms with E-state index in [4.69, 9.17) is 9.47 Å². The number of ketones is 2. The number of carbonyl (C=O) groups excluding carboxylic acids is 2. The molecule has 4 aromatic rings. The topological polar surface area (TPSA) is 60.8 Å². The molecule has 0 radical (unpaired) electrons. The minimum absolute atomic E-state index is 0.124. The fraction of sp³-hybridized carbons (Fsp3) is 0.231. The first kappa shape index (κ1) is 18.3. The van der Waals surface area contributed by atoms with Gasteiger partial charge in [-0.3, -0.25) is 9.59 Å². The number of benzene rings is 3. The maximum atomic E-state index is 13.7. The molecule has 0 amide bonds. The number of hydrogen-bond donors (Lipinski definition) is 0. The van der Waals surface area contributed by atoms with Crippen molar-refractivity contribution in [3.63, 3.8) is 0 Å². The molecule has 154 valence electrons. The highest BCUT2D eigenvalue weighted by Gasteiger charge is 2.70. The Labute approximate surface area is 179 Å². The summed E-state index contributed by atoms with van der Waals surface area (Å²) in [4.78, 5) is 27.4. The monoisotopic (exact) mass is 411 g/mol. The van der Waals surface area contributed by atoms with Gasteiger partial charge in [0, 0.05) is 27.9 Å². The van der Waals surface area contributed by atoms with Gasteiger partial charge in [0.25, 0.3) is 0 Å². The van der Waals surface area contributed by atoms with Crippen LogP contribution in [0.4, 0.5) is 0 Å². The fourth-order valence-electron chi connectivity index (χ4n) is 5.15. The van der Waals surface area contributed by atoms with E-state index in [1.807, 2.05) is 18.2 Å². The molecular weight excluding hydrogens is 390 g/mol. The van der Waals surface area contributed by atoms with Gasteiger partial charge in [-0.25, -0.2) is 0 Å². The number of rotatable bonds is 3. The first-order valence-corrected chi connectivity index (χ1v) is 10.5. The Balaban J connectivity index is 1.62. The van der Waals surface area contributed by atoms with Crippen LogP contribution in [-0.4, -0.2) is 29.3 Å². The number of carbonyl (C=O) groups is 2. The quantitative estimate of drug-likeness (QED) is 0.442. The molecule has 0 N–H and O–H groups in total. The summed E-state index contributed by atoms with van der Waals surface area (Å²) in [5.74, 6) is 0.413. The van der Waals surface area contributed by atoms with Crippen LogP contribution in [0, 0.1) is 0 Å². The van der Waals surface area contributed by atoms with Gasteiger partial charge in [0.05, 0.1) is 18.2 Å². The summed E-state index contributed by atoms with van der Waals surface area (Å²) in [6.45, 7) is 4.19. The number of hydrogen-bond acceptors (Lipinski definition) is 4. The average Bonchev–Trinajstić information content (AvgIpc) is 3.47. The van der Waals surface area contributed by atoms with Crippen LogP contribution in [0.2, 0.25) is 0 Å². The van der Waals surface area contributed by atoms with Gasteiger partial charge >= 0.3 is 0 Å². The molecule has 2 unspecified atom stereocenters. The Morgan fingerprint density at radius 3 is 2.42 bits per heavy atom. The van der Waals surface area contributed by atoms with Crippen LogP contribution in [0.15, 0.2) is 60.7 Å². The van der Waals surface area contributed by atoms with Crippen LogP contribution in [-0.2, 0) is 10.3 Å². The molecule has 1 saturated heterocycles. The smallest absolute Gasteiger partial charge is 0.203 e. The zero-order valence-electron chi connectivity index (χ0n) is 17.5. The molecule has 2 aliphatic rings. The van der Waals surface area contributed by atoms with E-state index in [9.17, 15) is 9.59 Å². The number of nitrogens with zero attached hydrogens (tertiary/aromatic N) is 1. The van der Waals surface area contributed by atoms with Crippen molar-refractivity contribution in [3.8, 4) is 5.75 Å². The molecule has 1 aliphatic carbocycles. The van der Waals surface area contributed by atoms with Gasteiger partial charge in [0.2, 0.25) is 5.78 Å². The van der Waals surface area contributed by atoms with Crippen LogP contribution in [0.3, 0.4) is 0 Å². The second-order valence-electron chi connectivity index (χ2n) is 8.52. The van der Waals surface area contributed by atoms with Crippen molar-refractivity contribution in [1.82, 2.24) is 4.57 Å². The highest BCUT2D eigenvalue weighted by Crippen LogP contribution is 2.55. The minimum atomic E-state index is -1.22. The van der Waals surface area contributed by atoms with Crippen molar-refractivity contribution in [2.75, 3.05) is 7.11 Å². The molecule has 0 spiro atoms. The van der Waals surface area contributed by atoms with Crippen LogP contribution in [0.5, 0.6) is 5.75 Å². The van der Waals surface area contributed by atoms with Crippen molar-refractivity contribution < 1.29 is 19.1 Å². The van der Waals surface area contributed by atoms with Crippen LogP contribution in [0.1, 0.15) is 46.2 Å². The molecule has 0 bridgehead atoms. The van der Waals surface area contributed by atoms with Gasteiger partial charge in [-0.1, -0.05) is 36.4 Å². The second kappa shape index (κ2) is 6.05. The van der Waals surface area contributed by atoms with E-state index < -0.39 is 11.7 Å². The average molecular weight is 411 g/mol. The number of aromatic nitrogens is 1. The minimum Gasteiger partial charge on any atom is -0.497 e. The third-order valence-corrected chi connectivity index (χ3v) is 6.59. The molecular formula is C26H21NO4. The molecule has 2 heterocycles. The maximum absolute atomic E-state index is 13.7. The van der Waals surface area contributed by atoms with Crippen LogP contribution in [0.25, 0.3) is 21.8 Å². The van der Waals surface area contributed by atoms with Gasteiger partial charge in [0.15, 0.2) is 17.5 Å². The number of methoxy groups -OCH3 is 1. The molecule has 5 nitrogen and oxygen atoms in total. The molecule has 3 aromatic carbocycles. The van der Waals surface area contributed by atoms with Crippen molar-refractivity contribution >= 4 is 33.4 Å². The number of fused-ring (bicyclic) bond motifs is 6.